The van der Waals surface area contributed by atoms with E-state index in [1.54, 1.807) is 0 Å². The quantitative estimate of drug-likeness (QED) is 0.597. The van der Waals surface area contributed by atoms with Gasteiger partial charge in [0.25, 0.3) is 0 Å². The zero-order chi connectivity index (χ0) is 11.7. The van der Waals surface area contributed by atoms with Crippen molar-refractivity contribution < 1.29 is 0 Å². The van der Waals surface area contributed by atoms with Crippen molar-refractivity contribution in [1.29, 1.82) is 0 Å². The third kappa shape index (κ3) is 1.92. The Morgan fingerprint density at radius 3 is 2.47 bits per heavy atom. The Labute approximate surface area is 101 Å². The van der Waals surface area contributed by atoms with Gasteiger partial charge in [-0.1, -0.05) is 42.0 Å². The van der Waals surface area contributed by atoms with Gasteiger partial charge in [0.05, 0.1) is 5.52 Å². The summed E-state index contributed by atoms with van der Waals surface area (Å²) in [5.74, 6) is 0. The van der Waals surface area contributed by atoms with Crippen LogP contribution >= 0.6 is 0 Å². The molecule has 0 spiro atoms. The fraction of sp³-hybridized carbons (Fsp3) is 0.0625. The van der Waals surface area contributed by atoms with E-state index in [2.05, 4.69) is 60.4 Å². The second-order valence-electron chi connectivity index (χ2n) is 4.29. The van der Waals surface area contributed by atoms with E-state index in [1.807, 2.05) is 12.3 Å². The molecule has 0 saturated carbocycles. The lowest BCUT2D eigenvalue weighted by molar-refractivity contribution is 1.39. The molecule has 0 N–H and O–H groups in total. The highest BCUT2D eigenvalue weighted by Crippen LogP contribution is 2.22. The molecule has 82 valence electrons. The highest BCUT2D eigenvalue weighted by atomic mass is 14.6. The minimum atomic E-state index is 1.05. The summed E-state index contributed by atoms with van der Waals surface area (Å²) in [4.78, 5) is 4.50. The zero-order valence-corrected chi connectivity index (χ0v) is 9.72. The lowest BCUT2D eigenvalue weighted by Gasteiger charge is -2.04. The van der Waals surface area contributed by atoms with E-state index in [0.717, 1.165) is 5.52 Å². The number of nitrogens with zero attached hydrogens (tertiary/aromatic N) is 1. The highest BCUT2D eigenvalue weighted by Gasteiger charge is 2.00. The van der Waals surface area contributed by atoms with Gasteiger partial charge in [-0.25, -0.2) is 0 Å². The molecule has 0 atom stereocenters. The van der Waals surface area contributed by atoms with Crippen molar-refractivity contribution in [3.63, 3.8) is 0 Å². The smallest absolute Gasteiger partial charge is 0.0702 e. The van der Waals surface area contributed by atoms with Gasteiger partial charge in [0.1, 0.15) is 0 Å². The molecule has 0 aliphatic carbocycles. The van der Waals surface area contributed by atoms with Gasteiger partial charge in [0, 0.05) is 17.1 Å². The van der Waals surface area contributed by atoms with Gasteiger partial charge >= 0.3 is 0 Å². The summed E-state index contributed by atoms with van der Waals surface area (Å²) in [5, 5.41) is 1.20. The molecule has 0 aliphatic heterocycles. The fourth-order valence-electron chi connectivity index (χ4n) is 2.04. The third-order valence-corrected chi connectivity index (χ3v) is 2.94. The highest BCUT2D eigenvalue weighted by molar-refractivity contribution is 5.84. The first-order valence-electron chi connectivity index (χ1n) is 5.75. The number of aromatic nitrogens is 1. The van der Waals surface area contributed by atoms with Gasteiger partial charge in [-0.2, -0.15) is 0 Å². The van der Waals surface area contributed by atoms with E-state index in [-0.39, 0.29) is 0 Å². The first-order valence-corrected chi connectivity index (χ1v) is 5.75. The molecule has 0 fully saturated rings. The normalized spacial score (nSPS) is 10.6. The van der Waals surface area contributed by atoms with Crippen LogP contribution in [-0.2, 0) is 0 Å². The van der Waals surface area contributed by atoms with Crippen LogP contribution in [0.1, 0.15) is 5.56 Å². The van der Waals surface area contributed by atoms with Crippen molar-refractivity contribution in [2.24, 2.45) is 0 Å². The number of rotatable bonds is 1. The van der Waals surface area contributed by atoms with E-state index < -0.39 is 0 Å². The maximum atomic E-state index is 4.50. The Hall–Kier alpha value is -2.15. The van der Waals surface area contributed by atoms with E-state index in [1.165, 1.54) is 22.1 Å². The molecule has 1 nitrogen and oxygen atoms in total. The van der Waals surface area contributed by atoms with Crippen molar-refractivity contribution in [3.8, 4) is 11.1 Å². The van der Waals surface area contributed by atoms with Crippen LogP contribution in [0.4, 0.5) is 0 Å². The van der Waals surface area contributed by atoms with Crippen LogP contribution in [0.15, 0.2) is 60.8 Å². The zero-order valence-electron chi connectivity index (χ0n) is 9.72. The summed E-state index contributed by atoms with van der Waals surface area (Å²) in [6, 6.07) is 18.9. The van der Waals surface area contributed by atoms with Crippen LogP contribution in [0.3, 0.4) is 0 Å². The first kappa shape index (κ1) is 10.0. The molecule has 0 aliphatic rings. The predicted octanol–water partition coefficient (Wildman–Crippen LogP) is 4.21. The Balaban J connectivity index is 2.19. The number of hydrogen-bond acceptors (Lipinski definition) is 1. The first-order chi connectivity index (χ1) is 8.33. The Morgan fingerprint density at radius 1 is 0.824 bits per heavy atom. The van der Waals surface area contributed by atoms with Crippen LogP contribution in [0, 0.1) is 6.92 Å². The Bertz CT molecular complexity index is 657. The largest absolute Gasteiger partial charge is 0.256 e. The van der Waals surface area contributed by atoms with Gasteiger partial charge in [-0.05, 0) is 30.7 Å². The summed E-state index contributed by atoms with van der Waals surface area (Å²) < 4.78 is 0. The van der Waals surface area contributed by atoms with E-state index in [9.17, 15) is 0 Å². The number of aryl methyl sites for hydroxylation is 1. The van der Waals surface area contributed by atoms with Crippen LogP contribution in [-0.4, -0.2) is 4.98 Å². The standard InChI is InChI=1S/C16H13N/c1-12-7-8-16-14(9-12)10-15(11-17-16)13-5-3-2-4-6-13/h2-11H,1H3. The summed E-state index contributed by atoms with van der Waals surface area (Å²) in [6.07, 6.45) is 1.94. The summed E-state index contributed by atoms with van der Waals surface area (Å²) in [7, 11) is 0. The van der Waals surface area contributed by atoms with E-state index in [4.69, 9.17) is 0 Å². The number of benzene rings is 2. The molecule has 17 heavy (non-hydrogen) atoms. The molecule has 1 aromatic heterocycles. The van der Waals surface area contributed by atoms with Crippen LogP contribution in [0.25, 0.3) is 22.0 Å². The Kier molecular flexibility index (Phi) is 2.37. The van der Waals surface area contributed by atoms with Crippen molar-refractivity contribution in [3.05, 3.63) is 66.4 Å². The molecule has 0 unspecified atom stereocenters. The van der Waals surface area contributed by atoms with E-state index in [0.29, 0.717) is 0 Å². The third-order valence-electron chi connectivity index (χ3n) is 2.94. The minimum absolute atomic E-state index is 1.05. The molecule has 0 radical (unpaired) electrons. The topological polar surface area (TPSA) is 12.9 Å². The van der Waals surface area contributed by atoms with Crippen molar-refractivity contribution in [2.45, 2.75) is 6.92 Å². The number of fused-ring (bicyclic) bond motifs is 1. The van der Waals surface area contributed by atoms with E-state index >= 15 is 0 Å². The number of hydrogen-bond donors (Lipinski definition) is 0. The summed E-state index contributed by atoms with van der Waals surface area (Å²) >= 11 is 0. The lowest BCUT2D eigenvalue weighted by atomic mass is 10.0. The Morgan fingerprint density at radius 2 is 1.65 bits per heavy atom. The fourth-order valence-corrected chi connectivity index (χ4v) is 2.04. The molecular weight excluding hydrogens is 206 g/mol. The molecular formula is C16H13N. The van der Waals surface area contributed by atoms with Crippen molar-refractivity contribution in [1.82, 2.24) is 4.98 Å². The monoisotopic (exact) mass is 219 g/mol. The lowest BCUT2D eigenvalue weighted by Crippen LogP contribution is -1.83. The van der Waals surface area contributed by atoms with Gasteiger partial charge < -0.3 is 0 Å². The van der Waals surface area contributed by atoms with Gasteiger partial charge in [-0.3, -0.25) is 4.98 Å². The number of pyridine rings is 1. The SMILES string of the molecule is Cc1ccc2ncc(-c3ccccc3)cc2c1. The average Bonchev–Trinajstić information content (AvgIpc) is 2.39. The van der Waals surface area contributed by atoms with Crippen LogP contribution in [0.5, 0.6) is 0 Å². The molecule has 3 rings (SSSR count). The molecule has 0 saturated heterocycles. The summed E-state index contributed by atoms with van der Waals surface area (Å²) in [5.41, 5.74) is 4.70. The molecule has 0 amide bonds. The molecule has 1 heteroatoms. The molecule has 3 aromatic rings. The maximum Gasteiger partial charge on any atom is 0.0702 e. The van der Waals surface area contributed by atoms with Gasteiger partial charge in [0.15, 0.2) is 0 Å². The van der Waals surface area contributed by atoms with Gasteiger partial charge in [0.2, 0.25) is 0 Å². The maximum absolute atomic E-state index is 4.50. The summed E-state index contributed by atoms with van der Waals surface area (Å²) in [6.45, 7) is 2.11. The minimum Gasteiger partial charge on any atom is -0.256 e. The predicted molar refractivity (Wildman–Crippen MR) is 71.9 cm³/mol. The molecule has 2 aromatic carbocycles. The second-order valence-corrected chi connectivity index (χ2v) is 4.29. The second kappa shape index (κ2) is 4.02. The van der Waals surface area contributed by atoms with Crippen molar-refractivity contribution in [2.75, 3.05) is 0 Å². The van der Waals surface area contributed by atoms with Crippen LogP contribution < -0.4 is 0 Å². The molecule has 0 bridgehead atoms. The van der Waals surface area contributed by atoms with Gasteiger partial charge in [-0.15, -0.1) is 0 Å². The van der Waals surface area contributed by atoms with Crippen LogP contribution in [0.2, 0.25) is 0 Å². The average molecular weight is 219 g/mol. The molecule has 1 heterocycles. The van der Waals surface area contributed by atoms with Crippen molar-refractivity contribution >= 4 is 10.9 Å².